The molecule has 1 heteroatoms. The van der Waals surface area contributed by atoms with Gasteiger partial charge in [-0.1, -0.05) is 44.0 Å². The Bertz CT molecular complexity index is 332. The zero-order chi connectivity index (χ0) is 11.4. The Kier molecular flexibility index (Phi) is 4.00. The Morgan fingerprint density at radius 3 is 2.88 bits per heavy atom. The van der Waals surface area contributed by atoms with Gasteiger partial charge in [0.1, 0.15) is 0 Å². The Morgan fingerprint density at radius 2 is 2.12 bits per heavy atom. The minimum absolute atomic E-state index is 0.330. The molecule has 0 N–H and O–H groups in total. The zero-order valence-corrected chi connectivity index (χ0v) is 10.4. The van der Waals surface area contributed by atoms with Crippen LogP contribution in [0.3, 0.4) is 0 Å². The monoisotopic (exact) mass is 218 g/mol. The van der Waals surface area contributed by atoms with E-state index in [1.54, 1.807) is 0 Å². The van der Waals surface area contributed by atoms with Crippen LogP contribution in [0, 0.1) is 5.92 Å². The molecule has 1 aliphatic rings. The van der Waals surface area contributed by atoms with Crippen LogP contribution >= 0.6 is 0 Å². The number of fused-ring (bicyclic) bond motifs is 1. The molecule has 1 aromatic carbocycles. The molecule has 0 unspecified atom stereocenters. The Balaban J connectivity index is 2.16. The molecular weight excluding hydrogens is 196 g/mol. The van der Waals surface area contributed by atoms with Gasteiger partial charge in [0.25, 0.3) is 0 Å². The van der Waals surface area contributed by atoms with Crippen LogP contribution in [0.25, 0.3) is 0 Å². The summed E-state index contributed by atoms with van der Waals surface area (Å²) in [6, 6.07) is 8.75. The van der Waals surface area contributed by atoms with E-state index in [2.05, 4.69) is 31.2 Å². The number of benzene rings is 1. The van der Waals surface area contributed by atoms with E-state index in [1.165, 1.54) is 43.2 Å². The topological polar surface area (TPSA) is 9.23 Å². The fraction of sp³-hybridized carbons (Fsp3) is 0.600. The van der Waals surface area contributed by atoms with E-state index in [0.717, 1.165) is 5.92 Å². The normalized spacial score (nSPS) is 24.1. The molecule has 0 heterocycles. The summed E-state index contributed by atoms with van der Waals surface area (Å²) in [6.45, 7) is 2.26. The third kappa shape index (κ3) is 2.30. The molecule has 0 radical (unpaired) electrons. The molecule has 2 rings (SSSR count). The molecule has 1 aliphatic carbocycles. The molecule has 16 heavy (non-hydrogen) atoms. The molecule has 0 saturated carbocycles. The lowest BCUT2D eigenvalue weighted by Gasteiger charge is -2.32. The van der Waals surface area contributed by atoms with E-state index in [1.807, 2.05) is 7.11 Å². The lowest BCUT2D eigenvalue weighted by Crippen LogP contribution is -2.22. The molecule has 1 aromatic rings. The summed E-state index contributed by atoms with van der Waals surface area (Å²) in [5, 5.41) is 0. The van der Waals surface area contributed by atoms with Crippen molar-refractivity contribution in [3.05, 3.63) is 35.4 Å². The lowest BCUT2D eigenvalue weighted by molar-refractivity contribution is 0.0361. The van der Waals surface area contributed by atoms with Gasteiger partial charge in [-0.15, -0.1) is 0 Å². The molecule has 0 aromatic heterocycles. The van der Waals surface area contributed by atoms with Crippen molar-refractivity contribution >= 4 is 0 Å². The van der Waals surface area contributed by atoms with Crippen LogP contribution in [0.2, 0.25) is 0 Å². The summed E-state index contributed by atoms with van der Waals surface area (Å²) in [5.41, 5.74) is 2.92. The Morgan fingerprint density at radius 1 is 1.31 bits per heavy atom. The maximum absolute atomic E-state index is 5.73. The van der Waals surface area contributed by atoms with Gasteiger partial charge < -0.3 is 4.74 Å². The van der Waals surface area contributed by atoms with E-state index >= 15 is 0 Å². The van der Waals surface area contributed by atoms with Gasteiger partial charge in [0.2, 0.25) is 0 Å². The maximum atomic E-state index is 5.73. The van der Waals surface area contributed by atoms with Gasteiger partial charge in [0, 0.05) is 7.11 Å². The van der Waals surface area contributed by atoms with Gasteiger partial charge in [0.05, 0.1) is 6.10 Å². The van der Waals surface area contributed by atoms with Crippen molar-refractivity contribution in [3.8, 4) is 0 Å². The third-order valence-corrected chi connectivity index (χ3v) is 3.76. The molecule has 0 saturated heterocycles. The first-order valence-electron chi connectivity index (χ1n) is 6.47. The number of methoxy groups -OCH3 is 1. The number of aryl methyl sites for hydroxylation is 1. The zero-order valence-electron chi connectivity index (χ0n) is 10.4. The largest absolute Gasteiger partial charge is 0.376 e. The summed E-state index contributed by atoms with van der Waals surface area (Å²) >= 11 is 0. The second-order valence-electron chi connectivity index (χ2n) is 4.80. The second kappa shape index (κ2) is 5.49. The maximum Gasteiger partial charge on any atom is 0.0852 e. The highest BCUT2D eigenvalue weighted by Gasteiger charge is 2.28. The number of unbranched alkanes of at least 4 members (excludes halogenated alkanes) is 1. The summed E-state index contributed by atoms with van der Waals surface area (Å²) in [6.07, 6.45) is 6.77. The average molecular weight is 218 g/mol. The minimum Gasteiger partial charge on any atom is -0.376 e. The predicted octanol–water partition coefficient (Wildman–Crippen LogP) is 4.13. The molecule has 0 fully saturated rings. The van der Waals surface area contributed by atoms with Crippen molar-refractivity contribution in [1.29, 1.82) is 0 Å². The standard InChI is InChI=1S/C15H22O/c1-3-4-7-13-11-10-12-8-5-6-9-14(12)15(13)16-2/h5-6,8-9,13,15H,3-4,7,10-11H2,1-2H3/t13-,15-/m0/s1. The van der Waals surface area contributed by atoms with Gasteiger partial charge >= 0.3 is 0 Å². The first-order chi connectivity index (χ1) is 7.86. The van der Waals surface area contributed by atoms with Crippen LogP contribution in [-0.4, -0.2) is 7.11 Å². The summed E-state index contributed by atoms with van der Waals surface area (Å²) in [7, 11) is 1.85. The highest BCUT2D eigenvalue weighted by molar-refractivity contribution is 5.32. The van der Waals surface area contributed by atoms with E-state index in [-0.39, 0.29) is 0 Å². The Labute approximate surface area is 98.8 Å². The number of hydrogen-bond acceptors (Lipinski definition) is 1. The Hall–Kier alpha value is -0.820. The second-order valence-corrected chi connectivity index (χ2v) is 4.80. The summed E-state index contributed by atoms with van der Waals surface area (Å²) in [4.78, 5) is 0. The van der Waals surface area contributed by atoms with Crippen molar-refractivity contribution in [2.45, 2.75) is 45.1 Å². The molecule has 1 nitrogen and oxygen atoms in total. The summed E-state index contributed by atoms with van der Waals surface area (Å²) in [5.74, 6) is 0.722. The fourth-order valence-corrected chi connectivity index (χ4v) is 2.87. The van der Waals surface area contributed by atoms with Gasteiger partial charge in [-0.25, -0.2) is 0 Å². The van der Waals surface area contributed by atoms with Gasteiger partial charge in [-0.2, -0.15) is 0 Å². The highest BCUT2D eigenvalue weighted by Crippen LogP contribution is 2.39. The van der Waals surface area contributed by atoms with Gasteiger partial charge in [-0.3, -0.25) is 0 Å². The van der Waals surface area contributed by atoms with E-state index in [4.69, 9.17) is 4.74 Å². The molecule has 0 aliphatic heterocycles. The average Bonchev–Trinajstić information content (AvgIpc) is 2.35. The van der Waals surface area contributed by atoms with Gasteiger partial charge in [0.15, 0.2) is 0 Å². The first kappa shape index (κ1) is 11.7. The van der Waals surface area contributed by atoms with Crippen LogP contribution in [0.4, 0.5) is 0 Å². The molecule has 2 atom stereocenters. The smallest absolute Gasteiger partial charge is 0.0852 e. The van der Waals surface area contributed by atoms with Crippen LogP contribution < -0.4 is 0 Å². The molecule has 0 amide bonds. The van der Waals surface area contributed by atoms with Crippen molar-refractivity contribution in [2.24, 2.45) is 5.92 Å². The van der Waals surface area contributed by atoms with Gasteiger partial charge in [-0.05, 0) is 36.3 Å². The predicted molar refractivity (Wildman–Crippen MR) is 67.5 cm³/mol. The number of rotatable bonds is 4. The fourth-order valence-electron chi connectivity index (χ4n) is 2.87. The minimum atomic E-state index is 0.330. The van der Waals surface area contributed by atoms with Crippen molar-refractivity contribution in [2.75, 3.05) is 7.11 Å². The lowest BCUT2D eigenvalue weighted by atomic mass is 9.79. The molecule has 0 spiro atoms. The third-order valence-electron chi connectivity index (χ3n) is 3.76. The number of ether oxygens (including phenoxy) is 1. The first-order valence-corrected chi connectivity index (χ1v) is 6.47. The van der Waals surface area contributed by atoms with Crippen LogP contribution in [0.5, 0.6) is 0 Å². The van der Waals surface area contributed by atoms with Crippen molar-refractivity contribution in [1.82, 2.24) is 0 Å². The number of hydrogen-bond donors (Lipinski definition) is 0. The van der Waals surface area contributed by atoms with Crippen LogP contribution in [0.1, 0.15) is 49.8 Å². The molecule has 88 valence electrons. The van der Waals surface area contributed by atoms with Crippen LogP contribution in [-0.2, 0) is 11.2 Å². The molecular formula is C15H22O. The molecule has 0 bridgehead atoms. The SMILES string of the molecule is CCCC[C@H]1CCc2ccccc2[C@H]1OC. The van der Waals surface area contributed by atoms with Crippen molar-refractivity contribution < 1.29 is 4.74 Å². The van der Waals surface area contributed by atoms with Crippen LogP contribution in [0.15, 0.2) is 24.3 Å². The van der Waals surface area contributed by atoms with E-state index in [0.29, 0.717) is 6.10 Å². The quantitative estimate of drug-likeness (QED) is 0.738. The highest BCUT2D eigenvalue weighted by atomic mass is 16.5. The van der Waals surface area contributed by atoms with E-state index in [9.17, 15) is 0 Å². The summed E-state index contributed by atoms with van der Waals surface area (Å²) < 4.78 is 5.73. The van der Waals surface area contributed by atoms with Crippen molar-refractivity contribution in [3.63, 3.8) is 0 Å². The van der Waals surface area contributed by atoms with E-state index < -0.39 is 0 Å².